The van der Waals surface area contributed by atoms with E-state index in [0.717, 1.165) is 55.0 Å². The van der Waals surface area contributed by atoms with Crippen molar-refractivity contribution in [2.24, 2.45) is 11.8 Å². The van der Waals surface area contributed by atoms with Crippen LogP contribution in [0.2, 0.25) is 0 Å². The standard InChI is InChI=1S/C34H42N4O5/c1-23(2)22-43-27-14-11-24(12-15-27)13-16-29-28(33(40)41)19-35-34(36-29)37-20-26-9-6-7-17-38(30(26)21-37)32(39)18-25-8-4-5-10-31(25)42-3/h4-5,8,10-12,14-15,19,23,26,30H,6-7,9,13,16-18,20-22H2,1-3H3,(H,40,41)/t26-,30-/m1/s1. The number of rotatable bonds is 11. The average Bonchev–Trinajstić information content (AvgIpc) is 3.32. The van der Waals surface area contributed by atoms with E-state index in [1.54, 1.807) is 7.11 Å². The quantitative estimate of drug-likeness (QED) is 0.332. The molecule has 2 aliphatic rings. The lowest BCUT2D eigenvalue weighted by atomic mass is 9.98. The Morgan fingerprint density at radius 2 is 1.84 bits per heavy atom. The number of carboxylic acids is 1. The Bertz CT molecular complexity index is 1410. The van der Waals surface area contributed by atoms with Crippen LogP contribution >= 0.6 is 0 Å². The normalized spacial score (nSPS) is 18.3. The molecule has 2 saturated heterocycles. The summed E-state index contributed by atoms with van der Waals surface area (Å²) < 4.78 is 11.3. The molecule has 228 valence electrons. The van der Waals surface area contributed by atoms with Crippen molar-refractivity contribution in [2.45, 2.75) is 58.4 Å². The van der Waals surface area contributed by atoms with Crippen LogP contribution in [0.25, 0.3) is 0 Å². The second-order valence-electron chi connectivity index (χ2n) is 12.0. The average molecular weight is 587 g/mol. The minimum Gasteiger partial charge on any atom is -0.496 e. The molecule has 2 aliphatic heterocycles. The van der Waals surface area contributed by atoms with Gasteiger partial charge in [-0.25, -0.2) is 14.8 Å². The SMILES string of the molecule is COc1ccccc1CC(=O)N1CCCC[C@@H]2CN(c3ncc(C(=O)O)c(CCc4ccc(OCC(C)C)cc4)n3)C[C@H]21. The highest BCUT2D eigenvalue weighted by molar-refractivity contribution is 5.88. The van der Waals surface area contributed by atoms with E-state index in [2.05, 4.69) is 23.7 Å². The smallest absolute Gasteiger partial charge is 0.339 e. The van der Waals surface area contributed by atoms with Crippen LogP contribution in [0.5, 0.6) is 11.5 Å². The summed E-state index contributed by atoms with van der Waals surface area (Å²) in [5, 5.41) is 9.85. The van der Waals surface area contributed by atoms with Gasteiger partial charge in [0, 0.05) is 31.4 Å². The molecule has 0 bridgehead atoms. The largest absolute Gasteiger partial charge is 0.496 e. The number of carboxylic acid groups (broad SMARTS) is 1. The number of nitrogens with zero attached hydrogens (tertiary/aromatic N) is 4. The maximum absolute atomic E-state index is 13.6. The molecule has 0 radical (unpaired) electrons. The highest BCUT2D eigenvalue weighted by Gasteiger charge is 2.40. The monoisotopic (exact) mass is 586 g/mol. The zero-order valence-corrected chi connectivity index (χ0v) is 25.4. The van der Waals surface area contributed by atoms with Gasteiger partial charge in [0.2, 0.25) is 11.9 Å². The summed E-state index contributed by atoms with van der Waals surface area (Å²) in [6.45, 7) is 6.99. The number of carbonyl (C=O) groups excluding carboxylic acids is 1. The van der Waals surface area contributed by atoms with Crippen LogP contribution in [-0.4, -0.2) is 71.2 Å². The molecular weight excluding hydrogens is 544 g/mol. The molecule has 0 aliphatic carbocycles. The molecule has 3 heterocycles. The Morgan fingerprint density at radius 1 is 1.05 bits per heavy atom. The summed E-state index contributed by atoms with van der Waals surface area (Å²) in [5.74, 6) is 1.92. The first kappa shape index (κ1) is 30.3. The van der Waals surface area contributed by atoms with Gasteiger partial charge < -0.3 is 24.4 Å². The van der Waals surface area contributed by atoms with E-state index in [1.165, 1.54) is 6.20 Å². The van der Waals surface area contributed by atoms with E-state index < -0.39 is 5.97 Å². The number of aromatic carboxylic acids is 1. The van der Waals surface area contributed by atoms with Crippen LogP contribution in [0.15, 0.2) is 54.7 Å². The number of anilines is 1. The predicted octanol–water partition coefficient (Wildman–Crippen LogP) is 5.06. The molecule has 2 aromatic carbocycles. The molecule has 2 atom stereocenters. The van der Waals surface area contributed by atoms with Crippen molar-refractivity contribution >= 4 is 17.8 Å². The molecule has 1 amide bonds. The molecular formula is C34H42N4O5. The number of fused-ring (bicyclic) bond motifs is 1. The zero-order chi connectivity index (χ0) is 30.3. The number of aryl methyl sites for hydroxylation is 2. The van der Waals surface area contributed by atoms with Crippen molar-refractivity contribution in [3.8, 4) is 11.5 Å². The Morgan fingerprint density at radius 3 is 2.58 bits per heavy atom. The van der Waals surface area contributed by atoms with Gasteiger partial charge in [0.1, 0.15) is 11.5 Å². The predicted molar refractivity (Wildman–Crippen MR) is 165 cm³/mol. The van der Waals surface area contributed by atoms with E-state index in [4.69, 9.17) is 14.5 Å². The number of hydrogen-bond donors (Lipinski definition) is 1. The molecule has 5 rings (SSSR count). The van der Waals surface area contributed by atoms with Crippen LogP contribution in [0, 0.1) is 11.8 Å². The maximum Gasteiger partial charge on any atom is 0.339 e. The fourth-order valence-electron chi connectivity index (χ4n) is 6.14. The van der Waals surface area contributed by atoms with E-state index in [-0.39, 0.29) is 17.5 Å². The number of hydrogen-bond acceptors (Lipinski definition) is 7. The topological polar surface area (TPSA) is 105 Å². The molecule has 3 aromatic rings. The number of aromatic nitrogens is 2. The summed E-state index contributed by atoms with van der Waals surface area (Å²) in [5.41, 5.74) is 2.62. The number of ether oxygens (including phenoxy) is 2. The van der Waals surface area contributed by atoms with Gasteiger partial charge in [-0.3, -0.25) is 4.79 Å². The third kappa shape index (κ3) is 7.45. The molecule has 0 spiro atoms. The summed E-state index contributed by atoms with van der Waals surface area (Å²) in [6.07, 6.45) is 5.96. The zero-order valence-electron chi connectivity index (χ0n) is 25.4. The van der Waals surface area contributed by atoms with Crippen molar-refractivity contribution in [1.29, 1.82) is 0 Å². The van der Waals surface area contributed by atoms with Gasteiger partial charge in [0.05, 0.1) is 37.4 Å². The number of carbonyl (C=O) groups is 2. The molecule has 0 unspecified atom stereocenters. The third-order valence-electron chi connectivity index (χ3n) is 8.41. The Hall–Kier alpha value is -4.14. The molecule has 1 N–H and O–H groups in total. The van der Waals surface area contributed by atoms with Gasteiger partial charge in [-0.1, -0.05) is 50.6 Å². The minimum absolute atomic E-state index is 0.0623. The van der Waals surface area contributed by atoms with Gasteiger partial charge >= 0.3 is 5.97 Å². The lowest BCUT2D eigenvalue weighted by molar-refractivity contribution is -0.132. The highest BCUT2D eigenvalue weighted by atomic mass is 16.5. The van der Waals surface area contributed by atoms with Crippen LogP contribution < -0.4 is 14.4 Å². The summed E-state index contributed by atoms with van der Waals surface area (Å²) in [7, 11) is 1.63. The molecule has 9 nitrogen and oxygen atoms in total. The molecule has 2 fully saturated rings. The van der Waals surface area contributed by atoms with Crippen molar-refractivity contribution < 1.29 is 24.2 Å². The lowest BCUT2D eigenvalue weighted by Crippen LogP contribution is -2.45. The first-order chi connectivity index (χ1) is 20.8. The van der Waals surface area contributed by atoms with Gasteiger partial charge in [0.25, 0.3) is 0 Å². The maximum atomic E-state index is 13.6. The third-order valence-corrected chi connectivity index (χ3v) is 8.41. The van der Waals surface area contributed by atoms with E-state index in [1.807, 2.05) is 53.4 Å². The van der Waals surface area contributed by atoms with Crippen LogP contribution in [0.1, 0.15) is 60.3 Å². The van der Waals surface area contributed by atoms with Gasteiger partial charge in [0.15, 0.2) is 0 Å². The summed E-state index contributed by atoms with van der Waals surface area (Å²) in [6, 6.07) is 15.7. The van der Waals surface area contributed by atoms with Crippen molar-refractivity contribution in [3.63, 3.8) is 0 Å². The summed E-state index contributed by atoms with van der Waals surface area (Å²) in [4.78, 5) is 39.1. The highest BCUT2D eigenvalue weighted by Crippen LogP contribution is 2.33. The van der Waals surface area contributed by atoms with E-state index >= 15 is 0 Å². The number of methoxy groups -OCH3 is 1. The first-order valence-corrected chi connectivity index (χ1v) is 15.3. The van der Waals surface area contributed by atoms with Crippen molar-refractivity contribution in [3.05, 3.63) is 77.1 Å². The Kier molecular flexibility index (Phi) is 9.79. The van der Waals surface area contributed by atoms with Gasteiger partial charge in [-0.05, 0) is 61.3 Å². The Labute approximate surface area is 253 Å². The number of para-hydroxylation sites is 1. The molecule has 1 aromatic heterocycles. The van der Waals surface area contributed by atoms with E-state index in [0.29, 0.717) is 55.9 Å². The number of likely N-dealkylation sites (tertiary alicyclic amines) is 1. The summed E-state index contributed by atoms with van der Waals surface area (Å²) >= 11 is 0. The van der Waals surface area contributed by atoms with Crippen LogP contribution in [-0.2, 0) is 24.1 Å². The molecule has 9 heteroatoms. The van der Waals surface area contributed by atoms with E-state index in [9.17, 15) is 14.7 Å². The second kappa shape index (κ2) is 13.9. The van der Waals surface area contributed by atoms with Crippen molar-refractivity contribution in [2.75, 3.05) is 38.3 Å². The molecule has 0 saturated carbocycles. The van der Waals surface area contributed by atoms with Crippen molar-refractivity contribution in [1.82, 2.24) is 14.9 Å². The lowest BCUT2D eigenvalue weighted by Gasteiger charge is -2.30. The van der Waals surface area contributed by atoms with Gasteiger partial charge in [-0.2, -0.15) is 0 Å². The fourth-order valence-corrected chi connectivity index (χ4v) is 6.14. The fraction of sp³-hybridized carbons (Fsp3) is 0.471. The van der Waals surface area contributed by atoms with Crippen LogP contribution in [0.4, 0.5) is 5.95 Å². The second-order valence-corrected chi connectivity index (χ2v) is 12.0. The minimum atomic E-state index is -1.03. The molecule has 43 heavy (non-hydrogen) atoms. The number of benzene rings is 2. The first-order valence-electron chi connectivity index (χ1n) is 15.3. The number of amides is 1. The van der Waals surface area contributed by atoms with Crippen LogP contribution in [0.3, 0.4) is 0 Å². The van der Waals surface area contributed by atoms with Gasteiger partial charge in [-0.15, -0.1) is 0 Å². The Balaban J connectivity index is 1.29.